The van der Waals surface area contributed by atoms with Gasteiger partial charge in [0.25, 0.3) is 0 Å². The van der Waals surface area contributed by atoms with E-state index in [0.29, 0.717) is 12.1 Å². The minimum absolute atomic E-state index is 0. The SMILES string of the molecule is Cl.c1ccc(CC(NCCNC(Cc2ccccc2)c2ccccc2)c2ccccc2)cc1. The van der Waals surface area contributed by atoms with Gasteiger partial charge >= 0.3 is 0 Å². The van der Waals surface area contributed by atoms with E-state index in [1.807, 2.05) is 0 Å². The standard InChI is InChI=1S/C30H32N2.ClH/c1-5-13-25(14-6-1)23-29(27-17-9-3-10-18-27)31-21-22-32-30(28-19-11-4-12-20-28)24-26-15-7-2-8-16-26;/h1-20,29-32H,21-24H2;1H. The smallest absolute Gasteiger partial charge is 0.0361 e. The molecule has 170 valence electrons. The first kappa shape index (κ1) is 24.7. The first-order valence-corrected chi connectivity index (χ1v) is 11.5. The lowest BCUT2D eigenvalue weighted by atomic mass is 9.98. The van der Waals surface area contributed by atoms with Crippen LogP contribution >= 0.6 is 12.4 Å². The minimum atomic E-state index is 0. The van der Waals surface area contributed by atoms with Crippen LogP contribution in [-0.2, 0) is 12.8 Å². The molecule has 2 unspecified atom stereocenters. The first-order chi connectivity index (χ1) is 15.9. The fourth-order valence-corrected chi connectivity index (χ4v) is 4.18. The van der Waals surface area contributed by atoms with Crippen LogP contribution in [0.25, 0.3) is 0 Å². The van der Waals surface area contributed by atoms with Crippen molar-refractivity contribution in [2.45, 2.75) is 24.9 Å². The molecule has 4 rings (SSSR count). The van der Waals surface area contributed by atoms with E-state index in [1.54, 1.807) is 0 Å². The topological polar surface area (TPSA) is 24.1 Å². The van der Waals surface area contributed by atoms with Gasteiger partial charge in [0.2, 0.25) is 0 Å². The van der Waals surface area contributed by atoms with E-state index >= 15 is 0 Å². The molecule has 0 aliphatic heterocycles. The Morgan fingerprint density at radius 1 is 0.424 bits per heavy atom. The predicted molar refractivity (Wildman–Crippen MR) is 142 cm³/mol. The lowest BCUT2D eigenvalue weighted by molar-refractivity contribution is 0.476. The van der Waals surface area contributed by atoms with Gasteiger partial charge in [-0.1, -0.05) is 121 Å². The Balaban J connectivity index is 0.00000306. The Morgan fingerprint density at radius 2 is 0.727 bits per heavy atom. The van der Waals surface area contributed by atoms with Gasteiger partial charge in [-0.25, -0.2) is 0 Å². The highest BCUT2D eigenvalue weighted by atomic mass is 35.5. The van der Waals surface area contributed by atoms with E-state index in [0.717, 1.165) is 25.9 Å². The molecule has 0 aliphatic carbocycles. The van der Waals surface area contributed by atoms with E-state index in [1.165, 1.54) is 22.3 Å². The largest absolute Gasteiger partial charge is 0.308 e. The Hall–Kier alpha value is -2.91. The second-order valence-corrected chi connectivity index (χ2v) is 8.21. The summed E-state index contributed by atoms with van der Waals surface area (Å²) in [4.78, 5) is 0. The van der Waals surface area contributed by atoms with Gasteiger partial charge in [-0.15, -0.1) is 12.4 Å². The van der Waals surface area contributed by atoms with Crippen LogP contribution in [0.4, 0.5) is 0 Å². The summed E-state index contributed by atoms with van der Waals surface area (Å²) in [5.41, 5.74) is 5.38. The molecule has 3 heteroatoms. The van der Waals surface area contributed by atoms with E-state index < -0.39 is 0 Å². The normalized spacial score (nSPS) is 12.5. The molecule has 4 aromatic rings. The number of hydrogen-bond donors (Lipinski definition) is 2. The average Bonchev–Trinajstić information content (AvgIpc) is 2.87. The maximum Gasteiger partial charge on any atom is 0.0361 e. The zero-order valence-corrected chi connectivity index (χ0v) is 19.8. The van der Waals surface area contributed by atoms with E-state index in [-0.39, 0.29) is 12.4 Å². The molecule has 0 aliphatic rings. The summed E-state index contributed by atoms with van der Waals surface area (Å²) in [5, 5.41) is 7.59. The van der Waals surface area contributed by atoms with Gasteiger partial charge in [-0.05, 0) is 35.1 Å². The number of benzene rings is 4. The van der Waals surface area contributed by atoms with Crippen LogP contribution < -0.4 is 10.6 Å². The van der Waals surface area contributed by atoms with Crippen LogP contribution in [0.3, 0.4) is 0 Å². The van der Waals surface area contributed by atoms with Gasteiger partial charge in [-0.3, -0.25) is 0 Å². The maximum absolute atomic E-state index is 3.79. The van der Waals surface area contributed by atoms with E-state index in [2.05, 4.69) is 132 Å². The summed E-state index contributed by atoms with van der Waals surface area (Å²) in [7, 11) is 0. The molecule has 0 saturated heterocycles. The summed E-state index contributed by atoms with van der Waals surface area (Å²) in [5.74, 6) is 0. The highest BCUT2D eigenvalue weighted by Crippen LogP contribution is 2.20. The predicted octanol–water partition coefficient (Wildman–Crippen LogP) is 6.56. The fourth-order valence-electron chi connectivity index (χ4n) is 4.18. The van der Waals surface area contributed by atoms with Crippen LogP contribution in [0.5, 0.6) is 0 Å². The van der Waals surface area contributed by atoms with Gasteiger partial charge in [0.1, 0.15) is 0 Å². The maximum atomic E-state index is 3.79. The summed E-state index contributed by atoms with van der Waals surface area (Å²) >= 11 is 0. The van der Waals surface area contributed by atoms with Crippen LogP contribution in [0.15, 0.2) is 121 Å². The molecule has 2 atom stereocenters. The quantitative estimate of drug-likeness (QED) is 0.250. The molecule has 0 heterocycles. The third-order valence-corrected chi connectivity index (χ3v) is 5.88. The monoisotopic (exact) mass is 456 g/mol. The van der Waals surface area contributed by atoms with Crippen molar-refractivity contribution in [1.29, 1.82) is 0 Å². The van der Waals surface area contributed by atoms with Crippen molar-refractivity contribution in [2.75, 3.05) is 13.1 Å². The van der Waals surface area contributed by atoms with Gasteiger partial charge in [0, 0.05) is 25.2 Å². The second kappa shape index (κ2) is 13.6. The molecule has 0 amide bonds. The third-order valence-electron chi connectivity index (χ3n) is 5.88. The molecule has 2 nitrogen and oxygen atoms in total. The van der Waals surface area contributed by atoms with Crippen LogP contribution in [0.1, 0.15) is 34.3 Å². The van der Waals surface area contributed by atoms with E-state index in [4.69, 9.17) is 0 Å². The van der Waals surface area contributed by atoms with Crippen LogP contribution in [0.2, 0.25) is 0 Å². The molecule has 0 bridgehead atoms. The summed E-state index contributed by atoms with van der Waals surface area (Å²) < 4.78 is 0. The fraction of sp³-hybridized carbons (Fsp3) is 0.200. The Labute approximate surface area is 204 Å². The minimum Gasteiger partial charge on any atom is -0.308 e. The number of hydrogen-bond acceptors (Lipinski definition) is 2. The van der Waals surface area contributed by atoms with Crippen molar-refractivity contribution in [3.8, 4) is 0 Å². The van der Waals surface area contributed by atoms with Gasteiger partial charge in [-0.2, -0.15) is 0 Å². The summed E-state index contributed by atoms with van der Waals surface area (Å²) in [6, 6.07) is 43.6. The first-order valence-electron chi connectivity index (χ1n) is 11.5. The Kier molecular flexibility index (Phi) is 10.2. The van der Waals surface area contributed by atoms with Gasteiger partial charge in [0.05, 0.1) is 0 Å². The summed E-state index contributed by atoms with van der Waals surface area (Å²) in [6.07, 6.45) is 1.97. The van der Waals surface area contributed by atoms with Crippen LogP contribution in [0, 0.1) is 0 Å². The van der Waals surface area contributed by atoms with E-state index in [9.17, 15) is 0 Å². The van der Waals surface area contributed by atoms with Crippen molar-refractivity contribution in [3.05, 3.63) is 144 Å². The number of halogens is 1. The lowest BCUT2D eigenvalue weighted by Gasteiger charge is -2.23. The highest BCUT2D eigenvalue weighted by Gasteiger charge is 2.14. The third kappa shape index (κ3) is 7.87. The zero-order chi connectivity index (χ0) is 21.8. The van der Waals surface area contributed by atoms with Gasteiger partial charge < -0.3 is 10.6 Å². The molecule has 0 aromatic heterocycles. The second-order valence-electron chi connectivity index (χ2n) is 8.21. The summed E-state index contributed by atoms with van der Waals surface area (Å²) in [6.45, 7) is 1.81. The molecule has 33 heavy (non-hydrogen) atoms. The van der Waals surface area contributed by atoms with Crippen molar-refractivity contribution in [3.63, 3.8) is 0 Å². The molecular formula is C30H33ClN2. The van der Waals surface area contributed by atoms with Crippen LogP contribution in [-0.4, -0.2) is 13.1 Å². The molecule has 0 saturated carbocycles. The molecule has 4 aromatic carbocycles. The zero-order valence-electron chi connectivity index (χ0n) is 18.9. The van der Waals surface area contributed by atoms with Crippen molar-refractivity contribution in [2.24, 2.45) is 0 Å². The highest BCUT2D eigenvalue weighted by molar-refractivity contribution is 5.85. The Bertz CT molecular complexity index is 937. The molecule has 0 radical (unpaired) electrons. The lowest BCUT2D eigenvalue weighted by Crippen LogP contribution is -2.34. The molecular weight excluding hydrogens is 424 g/mol. The Morgan fingerprint density at radius 3 is 1.06 bits per heavy atom. The molecule has 2 N–H and O–H groups in total. The number of rotatable bonds is 11. The molecule has 0 fully saturated rings. The number of nitrogens with one attached hydrogen (secondary N) is 2. The van der Waals surface area contributed by atoms with Crippen molar-refractivity contribution >= 4 is 12.4 Å². The van der Waals surface area contributed by atoms with Gasteiger partial charge in [0.15, 0.2) is 0 Å². The average molecular weight is 457 g/mol. The molecule has 0 spiro atoms. The van der Waals surface area contributed by atoms with Crippen molar-refractivity contribution in [1.82, 2.24) is 10.6 Å². The van der Waals surface area contributed by atoms with Crippen molar-refractivity contribution < 1.29 is 0 Å².